The Labute approximate surface area is 244 Å². The van der Waals surface area contributed by atoms with E-state index < -0.39 is 77.0 Å². The highest BCUT2D eigenvalue weighted by molar-refractivity contribution is 7.99. The Hall–Kier alpha value is -1.56. The third-order valence-electron chi connectivity index (χ3n) is 5.71. The quantitative estimate of drug-likeness (QED) is 0.136. The van der Waals surface area contributed by atoms with Gasteiger partial charge in [-0.1, -0.05) is 60.8 Å². The summed E-state index contributed by atoms with van der Waals surface area (Å²) in [5.74, 6) is -9.99. The van der Waals surface area contributed by atoms with Gasteiger partial charge in [0.05, 0.1) is 32.3 Å². The summed E-state index contributed by atoms with van der Waals surface area (Å²) in [7, 11) is 0. The monoisotopic (exact) mass is 658 g/mol. The third kappa shape index (κ3) is 9.49. The first-order chi connectivity index (χ1) is 18.3. The summed E-state index contributed by atoms with van der Waals surface area (Å²) in [6.07, 6.45) is -10.4. The van der Waals surface area contributed by atoms with Gasteiger partial charge in [-0.2, -0.15) is 38.1 Å². The number of rotatable bonds is 11. The summed E-state index contributed by atoms with van der Waals surface area (Å²) >= 11 is 18.2. The van der Waals surface area contributed by atoms with Gasteiger partial charge in [0.25, 0.3) is 5.92 Å². The Balaban J connectivity index is 2.45. The fraction of sp³-hybridized carbons (Fsp3) is 0.423. The second-order valence-electron chi connectivity index (χ2n) is 9.03. The van der Waals surface area contributed by atoms with E-state index in [9.17, 15) is 39.9 Å². The van der Waals surface area contributed by atoms with Gasteiger partial charge in [0.1, 0.15) is 5.83 Å². The Bertz CT molecular complexity index is 1220. The SMILES string of the molecule is CCC(F)(F)C(/C=C(\F)c1ccc(C(=O)C[C@H](C)CSCC(F)(F)F)c(C(F)(F)F)c1)c1cc(Cl)c(Cl)c(Cl)c1. The first-order valence-electron chi connectivity index (χ1n) is 11.6. The number of ketones is 1. The zero-order chi connectivity index (χ0) is 30.6. The molecule has 0 aromatic heterocycles. The molecule has 0 bridgehead atoms. The summed E-state index contributed by atoms with van der Waals surface area (Å²) in [6.45, 7) is 2.54. The van der Waals surface area contributed by atoms with Crippen molar-refractivity contribution in [3.05, 3.63) is 73.7 Å². The second kappa shape index (κ2) is 13.6. The fourth-order valence-corrected chi connectivity index (χ4v) is 5.19. The van der Waals surface area contributed by atoms with E-state index in [1.54, 1.807) is 0 Å². The van der Waals surface area contributed by atoms with Crippen LogP contribution in [-0.4, -0.2) is 29.4 Å². The zero-order valence-electron chi connectivity index (χ0n) is 20.8. The molecular weight excluding hydrogens is 638 g/mol. The molecule has 2 aromatic carbocycles. The maximum absolute atomic E-state index is 15.3. The lowest BCUT2D eigenvalue weighted by Gasteiger charge is -2.25. The molecular formula is C26H22Cl3F9OS. The summed E-state index contributed by atoms with van der Waals surface area (Å²) in [5.41, 5.74) is -3.28. The number of alkyl halides is 8. The van der Waals surface area contributed by atoms with Crippen LogP contribution in [0.15, 0.2) is 36.4 Å². The maximum atomic E-state index is 15.3. The number of hydrogen-bond acceptors (Lipinski definition) is 2. The first-order valence-corrected chi connectivity index (χ1v) is 13.8. The summed E-state index contributed by atoms with van der Waals surface area (Å²) in [6, 6.07) is 3.97. The lowest BCUT2D eigenvalue weighted by atomic mass is 9.89. The van der Waals surface area contributed by atoms with Crippen molar-refractivity contribution < 1.29 is 44.3 Å². The molecule has 2 aromatic rings. The largest absolute Gasteiger partial charge is 0.417 e. The van der Waals surface area contributed by atoms with Crippen molar-refractivity contribution in [2.75, 3.05) is 11.5 Å². The molecule has 0 amide bonds. The van der Waals surface area contributed by atoms with Crippen LogP contribution in [0.4, 0.5) is 39.5 Å². The van der Waals surface area contributed by atoms with Crippen molar-refractivity contribution in [1.82, 2.24) is 0 Å². The topological polar surface area (TPSA) is 17.1 Å². The predicted octanol–water partition coefficient (Wildman–Crippen LogP) is 11.3. The molecule has 222 valence electrons. The van der Waals surface area contributed by atoms with Crippen LogP contribution < -0.4 is 0 Å². The number of halogens is 12. The van der Waals surface area contributed by atoms with E-state index in [0.29, 0.717) is 30.0 Å². The Kier molecular flexibility index (Phi) is 11.8. The number of benzene rings is 2. The molecule has 0 spiro atoms. The second-order valence-corrected chi connectivity index (χ2v) is 11.2. The highest BCUT2D eigenvalue weighted by Gasteiger charge is 2.39. The van der Waals surface area contributed by atoms with Crippen molar-refractivity contribution in [2.24, 2.45) is 5.92 Å². The normalized spacial score (nSPS) is 14.8. The van der Waals surface area contributed by atoms with E-state index in [1.165, 1.54) is 6.92 Å². The Morgan fingerprint density at radius 3 is 2.05 bits per heavy atom. The molecule has 1 unspecified atom stereocenters. The molecule has 40 heavy (non-hydrogen) atoms. The summed E-state index contributed by atoms with van der Waals surface area (Å²) in [5, 5.41) is -0.510. The highest BCUT2D eigenvalue weighted by atomic mass is 35.5. The van der Waals surface area contributed by atoms with Gasteiger partial charge in [0.2, 0.25) is 0 Å². The van der Waals surface area contributed by atoms with Gasteiger partial charge >= 0.3 is 12.4 Å². The molecule has 0 aliphatic carbocycles. The van der Waals surface area contributed by atoms with Crippen LogP contribution in [0.2, 0.25) is 15.1 Å². The van der Waals surface area contributed by atoms with Crippen molar-refractivity contribution in [3.63, 3.8) is 0 Å². The molecule has 0 aliphatic rings. The molecule has 0 aliphatic heterocycles. The van der Waals surface area contributed by atoms with Crippen molar-refractivity contribution in [2.45, 2.75) is 50.9 Å². The molecule has 0 heterocycles. The van der Waals surface area contributed by atoms with Crippen LogP contribution in [0.1, 0.15) is 59.7 Å². The molecule has 0 N–H and O–H groups in total. The lowest BCUT2D eigenvalue weighted by molar-refractivity contribution is -0.138. The molecule has 2 atom stereocenters. The molecule has 0 fully saturated rings. The van der Waals surface area contributed by atoms with Crippen LogP contribution in [0.25, 0.3) is 5.83 Å². The minimum absolute atomic E-state index is 0.126. The van der Waals surface area contributed by atoms with E-state index in [0.717, 1.165) is 25.1 Å². The van der Waals surface area contributed by atoms with E-state index >= 15 is 4.39 Å². The van der Waals surface area contributed by atoms with E-state index in [1.807, 2.05) is 0 Å². The number of thioether (sulfide) groups is 1. The summed E-state index contributed by atoms with van der Waals surface area (Å²) < 4.78 is 123. The number of hydrogen-bond donors (Lipinski definition) is 0. The minimum Gasteiger partial charge on any atom is -0.294 e. The predicted molar refractivity (Wildman–Crippen MR) is 141 cm³/mol. The first kappa shape index (κ1) is 34.6. The average molecular weight is 660 g/mol. The van der Waals surface area contributed by atoms with Crippen molar-refractivity contribution in [3.8, 4) is 0 Å². The molecule has 2 rings (SSSR count). The number of allylic oxidation sites excluding steroid dienone is 1. The van der Waals surface area contributed by atoms with Gasteiger partial charge in [-0.05, 0) is 41.5 Å². The number of Topliss-reactive ketones (excluding diaryl/α,β-unsaturated/α-hetero) is 1. The van der Waals surface area contributed by atoms with Crippen molar-refractivity contribution in [1.29, 1.82) is 0 Å². The van der Waals surface area contributed by atoms with Crippen LogP contribution in [0.3, 0.4) is 0 Å². The van der Waals surface area contributed by atoms with Gasteiger partial charge in [-0.15, -0.1) is 0 Å². The van der Waals surface area contributed by atoms with Crippen LogP contribution >= 0.6 is 46.6 Å². The molecule has 1 nitrogen and oxygen atoms in total. The molecule has 0 saturated carbocycles. The average Bonchev–Trinajstić information content (AvgIpc) is 2.83. The number of carbonyl (C=O) groups excluding carboxylic acids is 1. The van der Waals surface area contributed by atoms with Crippen LogP contribution in [0, 0.1) is 5.92 Å². The minimum atomic E-state index is -5.13. The molecule has 0 radical (unpaired) electrons. The van der Waals surface area contributed by atoms with Gasteiger partial charge in [0, 0.05) is 24.0 Å². The lowest BCUT2D eigenvalue weighted by Crippen LogP contribution is -2.24. The van der Waals surface area contributed by atoms with Crippen LogP contribution in [-0.2, 0) is 6.18 Å². The smallest absolute Gasteiger partial charge is 0.294 e. The van der Waals surface area contributed by atoms with E-state index in [-0.39, 0.29) is 26.4 Å². The van der Waals surface area contributed by atoms with Gasteiger partial charge in [-0.3, -0.25) is 4.79 Å². The van der Waals surface area contributed by atoms with E-state index in [2.05, 4.69) is 0 Å². The fourth-order valence-electron chi connectivity index (χ4n) is 3.71. The molecule has 14 heteroatoms. The maximum Gasteiger partial charge on any atom is 0.417 e. The van der Waals surface area contributed by atoms with Crippen LogP contribution in [0.5, 0.6) is 0 Å². The zero-order valence-corrected chi connectivity index (χ0v) is 23.9. The summed E-state index contributed by atoms with van der Waals surface area (Å²) in [4.78, 5) is 12.6. The standard InChI is InChI=1S/C26H22Cl3F9OS/c1-3-24(31,32)17(15-8-19(27)23(29)20(28)9-15)10-21(30)14-4-5-16(18(7-14)26(36,37)38)22(39)6-13(2)11-40-12-25(33,34)35/h4-5,7-10,13,17H,3,6,11-12H2,1-2H3/b21-10-/t13-,17?/m0/s1. The van der Waals surface area contributed by atoms with Gasteiger partial charge in [-0.25, -0.2) is 13.2 Å². The highest BCUT2D eigenvalue weighted by Crippen LogP contribution is 2.43. The van der Waals surface area contributed by atoms with Gasteiger partial charge in [0.15, 0.2) is 5.78 Å². The van der Waals surface area contributed by atoms with Crippen molar-refractivity contribution >= 4 is 58.2 Å². The van der Waals surface area contributed by atoms with E-state index in [4.69, 9.17) is 34.8 Å². The van der Waals surface area contributed by atoms with Gasteiger partial charge < -0.3 is 0 Å². The number of carbonyl (C=O) groups is 1. The Morgan fingerprint density at radius 1 is 0.975 bits per heavy atom. The molecule has 0 saturated heterocycles. The third-order valence-corrected chi connectivity index (χ3v) is 8.24. The Morgan fingerprint density at radius 2 is 1.55 bits per heavy atom.